The van der Waals surface area contributed by atoms with Crippen LogP contribution in [0.4, 0.5) is 10.2 Å². The zero-order valence-corrected chi connectivity index (χ0v) is 18.6. The van der Waals surface area contributed by atoms with Crippen LogP contribution in [-0.4, -0.2) is 31.1 Å². The molecule has 0 aliphatic heterocycles. The fraction of sp³-hybridized carbons (Fsp3) is 0.190. The summed E-state index contributed by atoms with van der Waals surface area (Å²) >= 11 is 2.56. The maximum absolute atomic E-state index is 13.3. The number of anilines is 1. The standard InChI is InChI=1S/C21H18FN5O3S2/c1-2-7-27-17(23)16(18(29)26-21(27)30)14(28)9-32-20-15-13(8-31-19(15)24-10-25-20)11-3-5-12(22)6-4-11/h3-6,8,10H,2,7,9,23H2,1H3,(H,26,29,30). The summed E-state index contributed by atoms with van der Waals surface area (Å²) in [5.74, 6) is -1.09. The van der Waals surface area contributed by atoms with Gasteiger partial charge in [0.1, 0.15) is 33.4 Å². The van der Waals surface area contributed by atoms with Crippen molar-refractivity contribution in [2.75, 3.05) is 11.5 Å². The van der Waals surface area contributed by atoms with Crippen molar-refractivity contribution in [3.63, 3.8) is 0 Å². The van der Waals surface area contributed by atoms with Crippen molar-refractivity contribution in [1.29, 1.82) is 0 Å². The Hall–Kier alpha value is -3.31. The molecule has 8 nitrogen and oxygen atoms in total. The van der Waals surface area contributed by atoms with Crippen molar-refractivity contribution in [2.24, 2.45) is 0 Å². The maximum atomic E-state index is 13.3. The molecule has 0 saturated carbocycles. The molecule has 0 aliphatic carbocycles. The van der Waals surface area contributed by atoms with E-state index in [1.165, 1.54) is 34.4 Å². The molecule has 11 heteroatoms. The number of carbonyl (C=O) groups excluding carboxylic acids is 1. The van der Waals surface area contributed by atoms with Crippen LogP contribution in [0.25, 0.3) is 21.3 Å². The molecule has 1 aromatic carbocycles. The second kappa shape index (κ2) is 9.05. The molecule has 0 radical (unpaired) electrons. The van der Waals surface area contributed by atoms with Gasteiger partial charge in [0.2, 0.25) is 0 Å². The van der Waals surface area contributed by atoms with Crippen LogP contribution in [0.5, 0.6) is 0 Å². The molecule has 164 valence electrons. The Labute approximate surface area is 189 Å². The lowest BCUT2D eigenvalue weighted by Crippen LogP contribution is -2.36. The van der Waals surface area contributed by atoms with Gasteiger partial charge in [-0.1, -0.05) is 30.8 Å². The van der Waals surface area contributed by atoms with Gasteiger partial charge in [0.25, 0.3) is 5.56 Å². The minimum absolute atomic E-state index is 0.109. The zero-order chi connectivity index (χ0) is 22.8. The number of benzene rings is 1. The van der Waals surface area contributed by atoms with E-state index in [-0.39, 0.29) is 29.5 Å². The summed E-state index contributed by atoms with van der Waals surface area (Å²) in [7, 11) is 0. The minimum Gasteiger partial charge on any atom is -0.384 e. The van der Waals surface area contributed by atoms with E-state index in [1.807, 2.05) is 12.3 Å². The normalized spacial score (nSPS) is 11.2. The predicted molar refractivity (Wildman–Crippen MR) is 124 cm³/mol. The van der Waals surface area contributed by atoms with Crippen molar-refractivity contribution in [3.05, 3.63) is 68.2 Å². The van der Waals surface area contributed by atoms with Crippen LogP contribution in [0, 0.1) is 5.82 Å². The summed E-state index contributed by atoms with van der Waals surface area (Å²) in [5, 5.41) is 3.21. The van der Waals surface area contributed by atoms with Crippen LogP contribution in [-0.2, 0) is 6.54 Å². The summed E-state index contributed by atoms with van der Waals surface area (Å²) in [6.07, 6.45) is 2.02. The topological polar surface area (TPSA) is 124 Å². The molecule has 0 spiro atoms. The molecule has 0 unspecified atom stereocenters. The molecule has 4 rings (SSSR count). The number of halogens is 1. The Balaban J connectivity index is 1.67. The molecular weight excluding hydrogens is 453 g/mol. The van der Waals surface area contributed by atoms with Gasteiger partial charge >= 0.3 is 5.69 Å². The smallest absolute Gasteiger partial charge is 0.329 e. The van der Waals surface area contributed by atoms with Crippen LogP contribution in [0.3, 0.4) is 0 Å². The molecule has 3 heterocycles. The number of aromatic nitrogens is 4. The van der Waals surface area contributed by atoms with Gasteiger partial charge in [0, 0.05) is 17.5 Å². The summed E-state index contributed by atoms with van der Waals surface area (Å²) in [5.41, 5.74) is 5.93. The molecule has 0 amide bonds. The second-order valence-electron chi connectivity index (χ2n) is 6.90. The molecule has 32 heavy (non-hydrogen) atoms. The minimum atomic E-state index is -0.805. The lowest BCUT2D eigenvalue weighted by Gasteiger charge is -2.11. The SMILES string of the molecule is CCCn1c(N)c(C(=O)CSc2ncnc3scc(-c4ccc(F)cc4)c23)c(=O)[nH]c1=O. The maximum Gasteiger partial charge on any atom is 0.329 e. The number of nitrogens with two attached hydrogens (primary N) is 1. The van der Waals surface area contributed by atoms with Crippen LogP contribution >= 0.6 is 23.1 Å². The van der Waals surface area contributed by atoms with E-state index in [1.54, 1.807) is 12.1 Å². The third-order valence-corrected chi connectivity index (χ3v) is 6.67. The molecule has 0 atom stereocenters. The van der Waals surface area contributed by atoms with Gasteiger partial charge in [0.15, 0.2) is 5.78 Å². The van der Waals surface area contributed by atoms with Crippen molar-refractivity contribution in [3.8, 4) is 11.1 Å². The Morgan fingerprint density at radius 3 is 2.72 bits per heavy atom. The Morgan fingerprint density at radius 2 is 2.00 bits per heavy atom. The van der Waals surface area contributed by atoms with Crippen LogP contribution in [0.15, 0.2) is 50.6 Å². The quantitative estimate of drug-likeness (QED) is 0.241. The summed E-state index contributed by atoms with van der Waals surface area (Å²) in [6, 6.07) is 6.08. The summed E-state index contributed by atoms with van der Waals surface area (Å²) in [6.45, 7) is 2.14. The van der Waals surface area contributed by atoms with Gasteiger partial charge < -0.3 is 5.73 Å². The number of fused-ring (bicyclic) bond motifs is 1. The first-order chi connectivity index (χ1) is 15.4. The highest BCUT2D eigenvalue weighted by atomic mass is 32.2. The lowest BCUT2D eigenvalue weighted by atomic mass is 10.1. The molecule has 4 aromatic rings. The highest BCUT2D eigenvalue weighted by Gasteiger charge is 2.21. The van der Waals surface area contributed by atoms with Gasteiger partial charge in [0.05, 0.1) is 11.1 Å². The number of nitrogens with one attached hydrogen (secondary N) is 1. The van der Waals surface area contributed by atoms with E-state index in [9.17, 15) is 18.8 Å². The van der Waals surface area contributed by atoms with Gasteiger partial charge in [-0.2, -0.15) is 0 Å². The van der Waals surface area contributed by atoms with Crippen LogP contribution in [0.2, 0.25) is 0 Å². The first-order valence-electron chi connectivity index (χ1n) is 9.67. The number of rotatable bonds is 7. The van der Waals surface area contributed by atoms with Crippen molar-refractivity contribution in [1.82, 2.24) is 19.5 Å². The Bertz CT molecular complexity index is 1430. The largest absolute Gasteiger partial charge is 0.384 e. The van der Waals surface area contributed by atoms with Gasteiger partial charge in [-0.25, -0.2) is 19.2 Å². The highest BCUT2D eigenvalue weighted by molar-refractivity contribution is 8.00. The van der Waals surface area contributed by atoms with Crippen LogP contribution in [0.1, 0.15) is 23.7 Å². The summed E-state index contributed by atoms with van der Waals surface area (Å²) in [4.78, 5) is 48.6. The number of Topliss-reactive ketones (excluding diaryl/α,β-unsaturated/α-hetero) is 1. The third kappa shape index (κ3) is 4.08. The van der Waals surface area contributed by atoms with Gasteiger partial charge in [-0.15, -0.1) is 11.3 Å². The molecule has 3 aromatic heterocycles. The molecular formula is C21H18FN5O3S2. The number of hydrogen-bond donors (Lipinski definition) is 2. The van der Waals surface area contributed by atoms with Gasteiger partial charge in [-0.05, 0) is 24.1 Å². The van der Waals surface area contributed by atoms with E-state index < -0.39 is 17.0 Å². The first-order valence-corrected chi connectivity index (χ1v) is 11.5. The number of carbonyl (C=O) groups is 1. The zero-order valence-electron chi connectivity index (χ0n) is 16.9. The third-order valence-electron chi connectivity index (χ3n) is 4.80. The van der Waals surface area contributed by atoms with Crippen molar-refractivity contribution < 1.29 is 9.18 Å². The number of H-pyrrole nitrogens is 1. The molecule has 0 saturated heterocycles. The second-order valence-corrected chi connectivity index (χ2v) is 8.72. The lowest BCUT2D eigenvalue weighted by molar-refractivity contribution is 0.102. The molecule has 0 fully saturated rings. The summed E-state index contributed by atoms with van der Waals surface area (Å²) < 4.78 is 14.5. The van der Waals surface area contributed by atoms with E-state index in [0.29, 0.717) is 11.4 Å². The first kappa shape index (κ1) is 21.9. The average molecular weight is 472 g/mol. The molecule has 3 N–H and O–H groups in total. The van der Waals surface area contributed by atoms with Crippen molar-refractivity contribution in [2.45, 2.75) is 24.9 Å². The monoisotopic (exact) mass is 471 g/mol. The van der Waals surface area contributed by atoms with Crippen molar-refractivity contribution >= 4 is 44.9 Å². The van der Waals surface area contributed by atoms with E-state index in [2.05, 4.69) is 15.0 Å². The highest BCUT2D eigenvalue weighted by Crippen LogP contribution is 2.38. The molecule has 0 aliphatic rings. The Kier molecular flexibility index (Phi) is 6.19. The number of nitrogens with zero attached hydrogens (tertiary/aromatic N) is 3. The fourth-order valence-electron chi connectivity index (χ4n) is 3.31. The van der Waals surface area contributed by atoms with E-state index in [0.717, 1.165) is 33.1 Å². The van der Waals surface area contributed by atoms with Gasteiger partial charge in [-0.3, -0.25) is 19.1 Å². The number of thioether (sulfide) groups is 1. The van der Waals surface area contributed by atoms with E-state index in [4.69, 9.17) is 5.73 Å². The molecule has 0 bridgehead atoms. The Morgan fingerprint density at radius 1 is 1.25 bits per heavy atom. The average Bonchev–Trinajstić information content (AvgIpc) is 3.20. The number of ketones is 1. The number of aromatic amines is 1. The number of thiophene rings is 1. The fourth-order valence-corrected chi connectivity index (χ4v) is 5.17. The number of nitrogen functional groups attached to an aromatic ring is 1. The predicted octanol–water partition coefficient (Wildman–Crippen LogP) is 3.31. The number of hydrogen-bond acceptors (Lipinski definition) is 8. The van der Waals surface area contributed by atoms with E-state index >= 15 is 0 Å². The van der Waals surface area contributed by atoms with Crippen LogP contribution < -0.4 is 17.0 Å².